The zero-order chi connectivity index (χ0) is 23.0. The molecule has 4 rings (SSSR count). The molecule has 9 nitrogen and oxygen atoms in total. The van der Waals surface area contributed by atoms with Gasteiger partial charge in [0.15, 0.2) is 11.0 Å². The summed E-state index contributed by atoms with van der Waals surface area (Å²) in [7, 11) is 1.88. The van der Waals surface area contributed by atoms with Crippen LogP contribution in [0.4, 0.5) is 4.79 Å². The number of hydrazine groups is 1. The maximum atomic E-state index is 12.4. The number of amides is 4. The zero-order valence-electron chi connectivity index (χ0n) is 18.7. The first-order chi connectivity index (χ1) is 15.3. The molecule has 0 saturated carbocycles. The van der Waals surface area contributed by atoms with Crippen molar-refractivity contribution in [3.05, 3.63) is 16.5 Å². The molecular weight excluding hydrogens is 448 g/mol. The van der Waals surface area contributed by atoms with Crippen molar-refractivity contribution in [3.63, 3.8) is 0 Å². The predicted octanol–water partition coefficient (Wildman–Crippen LogP) is 2.90. The number of carbonyl (C=O) groups excluding carboxylic acids is 3. The third kappa shape index (κ3) is 4.15. The van der Waals surface area contributed by atoms with Gasteiger partial charge < -0.3 is 9.88 Å². The lowest BCUT2D eigenvalue weighted by Crippen LogP contribution is -2.49. The fraction of sp³-hybridized carbons (Fsp3) is 0.571. The summed E-state index contributed by atoms with van der Waals surface area (Å²) in [5.74, 6) is 0.629. The third-order valence-electron chi connectivity index (χ3n) is 6.35. The number of carbonyl (C=O) groups is 3. The van der Waals surface area contributed by atoms with Gasteiger partial charge in [-0.2, -0.15) is 5.01 Å². The van der Waals surface area contributed by atoms with Crippen LogP contribution in [-0.4, -0.2) is 48.9 Å². The molecule has 0 bridgehead atoms. The molecule has 172 valence electrons. The van der Waals surface area contributed by atoms with Gasteiger partial charge in [0.25, 0.3) is 5.91 Å². The molecule has 2 aromatic rings. The van der Waals surface area contributed by atoms with Crippen molar-refractivity contribution in [1.82, 2.24) is 30.5 Å². The molecule has 2 atom stereocenters. The number of nitrogens with zero attached hydrogens (tertiary/aromatic N) is 4. The Morgan fingerprint density at radius 3 is 2.84 bits per heavy atom. The molecule has 0 radical (unpaired) electrons. The maximum absolute atomic E-state index is 12.4. The first kappa shape index (κ1) is 22.8. The van der Waals surface area contributed by atoms with E-state index < -0.39 is 23.4 Å². The Bertz CT molecular complexity index is 1060. The van der Waals surface area contributed by atoms with Crippen LogP contribution in [0.2, 0.25) is 0 Å². The highest BCUT2D eigenvalue weighted by molar-refractivity contribution is 7.99. The Morgan fingerprint density at radius 2 is 2.16 bits per heavy atom. The lowest BCUT2D eigenvalue weighted by molar-refractivity contribution is -0.137. The quantitative estimate of drug-likeness (QED) is 0.470. The van der Waals surface area contributed by atoms with Crippen LogP contribution in [0.15, 0.2) is 11.2 Å². The molecule has 4 amide bonds. The van der Waals surface area contributed by atoms with Gasteiger partial charge in [0, 0.05) is 11.9 Å². The van der Waals surface area contributed by atoms with E-state index in [-0.39, 0.29) is 5.75 Å². The van der Waals surface area contributed by atoms with E-state index in [1.807, 2.05) is 11.6 Å². The van der Waals surface area contributed by atoms with Gasteiger partial charge in [0.05, 0.1) is 10.6 Å². The standard InChI is InChI=1S/C21H28N6O3S2/c1-5-12-7-8-14-13(9-12)10-15(32-14)17-23-24-20(26(17)4)31-11-16(28)25-27-18(29)21(3,6-2)22-19(27)30/h10,12H,5-9,11H2,1-4H3,(H,22,30)(H,25,28)/t12-,21+/m0/s1. The normalized spacial score (nSPS) is 22.8. The fourth-order valence-electron chi connectivity index (χ4n) is 4.03. The summed E-state index contributed by atoms with van der Waals surface area (Å²) in [5, 5.41) is 12.6. The van der Waals surface area contributed by atoms with Crippen molar-refractivity contribution in [3.8, 4) is 10.7 Å². The molecule has 1 aliphatic carbocycles. The van der Waals surface area contributed by atoms with Crippen molar-refractivity contribution >= 4 is 40.9 Å². The van der Waals surface area contributed by atoms with E-state index in [0.717, 1.165) is 34.5 Å². The molecule has 3 heterocycles. The summed E-state index contributed by atoms with van der Waals surface area (Å²) in [6.07, 6.45) is 5.14. The van der Waals surface area contributed by atoms with Gasteiger partial charge in [0.1, 0.15) is 5.54 Å². The number of nitrogens with one attached hydrogen (secondary N) is 2. The molecule has 1 saturated heterocycles. The molecule has 2 aromatic heterocycles. The Balaban J connectivity index is 1.39. The first-order valence-corrected chi connectivity index (χ1v) is 12.7. The van der Waals surface area contributed by atoms with Crippen LogP contribution in [0.1, 0.15) is 50.5 Å². The minimum absolute atomic E-state index is 0.00495. The van der Waals surface area contributed by atoms with E-state index >= 15 is 0 Å². The smallest absolute Gasteiger partial charge is 0.322 e. The number of aromatic nitrogens is 3. The second kappa shape index (κ2) is 8.86. The Morgan fingerprint density at radius 1 is 1.38 bits per heavy atom. The number of hydrogen-bond acceptors (Lipinski definition) is 7. The van der Waals surface area contributed by atoms with E-state index in [9.17, 15) is 14.4 Å². The van der Waals surface area contributed by atoms with E-state index in [1.165, 1.54) is 35.0 Å². The minimum Gasteiger partial charge on any atom is -0.322 e. The third-order valence-corrected chi connectivity index (χ3v) is 8.61. The Labute approximate surface area is 195 Å². The number of thioether (sulfide) groups is 1. The second-order valence-electron chi connectivity index (χ2n) is 8.52. The Hall–Kier alpha value is -2.40. The number of urea groups is 1. The number of fused-ring (bicyclic) bond motifs is 1. The van der Waals surface area contributed by atoms with Crippen LogP contribution in [0.5, 0.6) is 0 Å². The van der Waals surface area contributed by atoms with Crippen molar-refractivity contribution in [2.45, 2.75) is 63.6 Å². The summed E-state index contributed by atoms with van der Waals surface area (Å²) in [5.41, 5.74) is 2.83. The molecule has 0 aromatic carbocycles. The van der Waals surface area contributed by atoms with Crippen LogP contribution in [0.3, 0.4) is 0 Å². The van der Waals surface area contributed by atoms with Crippen LogP contribution in [0.25, 0.3) is 10.7 Å². The van der Waals surface area contributed by atoms with Crippen LogP contribution in [-0.2, 0) is 29.5 Å². The average molecular weight is 477 g/mol. The SMILES string of the molecule is CC[C@H]1CCc2sc(-c3nnc(SCC(=O)NN4C(=O)N[C@](C)(CC)C4=O)n3C)cc2C1. The lowest BCUT2D eigenvalue weighted by atomic mass is 9.87. The second-order valence-corrected chi connectivity index (χ2v) is 10.6. The molecule has 1 fully saturated rings. The average Bonchev–Trinajstić information content (AvgIpc) is 3.42. The highest BCUT2D eigenvalue weighted by atomic mass is 32.2. The van der Waals surface area contributed by atoms with E-state index in [1.54, 1.807) is 25.2 Å². The number of imide groups is 1. The summed E-state index contributed by atoms with van der Waals surface area (Å²) >= 11 is 2.99. The van der Waals surface area contributed by atoms with Gasteiger partial charge >= 0.3 is 6.03 Å². The largest absolute Gasteiger partial charge is 0.344 e. The molecule has 32 heavy (non-hydrogen) atoms. The summed E-state index contributed by atoms with van der Waals surface area (Å²) in [4.78, 5) is 39.4. The molecular formula is C21H28N6O3S2. The van der Waals surface area contributed by atoms with Crippen molar-refractivity contribution in [2.75, 3.05) is 5.75 Å². The van der Waals surface area contributed by atoms with Crippen molar-refractivity contribution < 1.29 is 14.4 Å². The number of thiophene rings is 1. The van der Waals surface area contributed by atoms with Crippen molar-refractivity contribution in [1.29, 1.82) is 0 Å². The number of hydrogen-bond donors (Lipinski definition) is 2. The van der Waals surface area contributed by atoms with E-state index in [2.05, 4.69) is 33.9 Å². The first-order valence-electron chi connectivity index (χ1n) is 10.9. The summed E-state index contributed by atoms with van der Waals surface area (Å²) < 4.78 is 1.88. The van der Waals surface area contributed by atoms with Crippen LogP contribution >= 0.6 is 23.1 Å². The fourth-order valence-corrected chi connectivity index (χ4v) is 5.96. The topological polar surface area (TPSA) is 109 Å². The highest BCUT2D eigenvalue weighted by Crippen LogP contribution is 2.38. The van der Waals surface area contributed by atoms with E-state index in [4.69, 9.17) is 0 Å². The minimum atomic E-state index is -0.993. The number of rotatable bonds is 7. The molecule has 0 spiro atoms. The van der Waals surface area contributed by atoms with Gasteiger partial charge in [-0.1, -0.05) is 32.0 Å². The highest BCUT2D eigenvalue weighted by Gasteiger charge is 2.47. The van der Waals surface area contributed by atoms with Gasteiger partial charge in [0.2, 0.25) is 5.91 Å². The lowest BCUT2D eigenvalue weighted by Gasteiger charge is -2.19. The Kier molecular flexibility index (Phi) is 6.30. The molecule has 2 N–H and O–H groups in total. The van der Waals surface area contributed by atoms with Gasteiger partial charge in [-0.05, 0) is 50.2 Å². The van der Waals surface area contributed by atoms with Gasteiger partial charge in [-0.3, -0.25) is 15.0 Å². The zero-order valence-corrected chi connectivity index (χ0v) is 20.4. The molecule has 0 unspecified atom stereocenters. The van der Waals surface area contributed by atoms with Crippen molar-refractivity contribution in [2.24, 2.45) is 13.0 Å². The van der Waals surface area contributed by atoms with Crippen LogP contribution in [0, 0.1) is 5.92 Å². The monoisotopic (exact) mass is 476 g/mol. The summed E-state index contributed by atoms with van der Waals surface area (Å²) in [6.45, 7) is 5.69. The van der Waals surface area contributed by atoms with E-state index in [0.29, 0.717) is 11.6 Å². The molecule has 1 aliphatic heterocycles. The van der Waals surface area contributed by atoms with Gasteiger partial charge in [-0.25, -0.2) is 4.79 Å². The van der Waals surface area contributed by atoms with Gasteiger partial charge in [-0.15, -0.1) is 21.5 Å². The number of aryl methyl sites for hydroxylation is 1. The predicted molar refractivity (Wildman–Crippen MR) is 123 cm³/mol. The molecule has 2 aliphatic rings. The van der Waals surface area contributed by atoms with Crippen LogP contribution < -0.4 is 10.7 Å². The summed E-state index contributed by atoms with van der Waals surface area (Å²) in [6, 6.07) is 1.61. The molecule has 11 heteroatoms. The maximum Gasteiger partial charge on any atom is 0.344 e.